The molecule has 4 rings (SSSR count). The summed E-state index contributed by atoms with van der Waals surface area (Å²) in [6, 6.07) is 16.5. The van der Waals surface area contributed by atoms with Gasteiger partial charge >= 0.3 is 6.03 Å². The number of rotatable bonds is 4. The third-order valence-corrected chi connectivity index (χ3v) is 6.58. The standard InChI is InChI=1S/C21H19N3O4S/c1-15-6-3-4-7-16(15)14-23-21(25)24(17-9-11-18(28-2)12-10-17)20-19(29(23,26)27)8-5-13-22-20/h3-13H,14H2,1-2H3. The number of amides is 2. The van der Waals surface area contributed by atoms with E-state index in [0.29, 0.717) is 11.4 Å². The molecule has 148 valence electrons. The van der Waals surface area contributed by atoms with Gasteiger partial charge in [0.05, 0.1) is 19.3 Å². The van der Waals surface area contributed by atoms with Crippen molar-refractivity contribution in [2.75, 3.05) is 12.0 Å². The van der Waals surface area contributed by atoms with E-state index in [9.17, 15) is 13.2 Å². The molecule has 0 saturated heterocycles. The molecular formula is C21H19N3O4S. The molecule has 0 unspecified atom stereocenters. The molecular weight excluding hydrogens is 390 g/mol. The summed E-state index contributed by atoms with van der Waals surface area (Å²) in [5.74, 6) is 0.715. The van der Waals surface area contributed by atoms with Crippen molar-refractivity contribution in [3.05, 3.63) is 78.0 Å². The van der Waals surface area contributed by atoms with Crippen LogP contribution in [0.5, 0.6) is 5.75 Å². The lowest BCUT2D eigenvalue weighted by Crippen LogP contribution is -2.48. The maximum atomic E-state index is 13.4. The van der Waals surface area contributed by atoms with Crippen LogP contribution in [-0.4, -0.2) is 30.8 Å². The van der Waals surface area contributed by atoms with Gasteiger partial charge < -0.3 is 4.74 Å². The molecule has 1 aliphatic rings. The average Bonchev–Trinajstić information content (AvgIpc) is 2.73. The maximum Gasteiger partial charge on any atom is 0.344 e. The molecule has 2 heterocycles. The molecule has 1 aliphatic heterocycles. The number of nitrogens with zero attached hydrogens (tertiary/aromatic N) is 3. The molecule has 8 heteroatoms. The fourth-order valence-electron chi connectivity index (χ4n) is 3.23. The number of hydrogen-bond donors (Lipinski definition) is 0. The summed E-state index contributed by atoms with van der Waals surface area (Å²) in [5.41, 5.74) is 2.16. The second kappa shape index (κ2) is 7.21. The van der Waals surface area contributed by atoms with E-state index < -0.39 is 16.1 Å². The van der Waals surface area contributed by atoms with Gasteiger partial charge in [-0.05, 0) is 54.4 Å². The fourth-order valence-corrected chi connectivity index (χ4v) is 4.69. The summed E-state index contributed by atoms with van der Waals surface area (Å²) in [6.45, 7) is 1.82. The van der Waals surface area contributed by atoms with Gasteiger partial charge in [0.2, 0.25) is 0 Å². The highest BCUT2D eigenvalue weighted by molar-refractivity contribution is 7.90. The molecule has 7 nitrogen and oxygen atoms in total. The summed E-state index contributed by atoms with van der Waals surface area (Å²) in [7, 11) is -2.50. The predicted octanol–water partition coefficient (Wildman–Crippen LogP) is 3.86. The van der Waals surface area contributed by atoms with Gasteiger partial charge in [0.25, 0.3) is 10.0 Å². The Hall–Kier alpha value is -3.39. The minimum Gasteiger partial charge on any atom is -0.497 e. The first-order valence-electron chi connectivity index (χ1n) is 8.94. The predicted molar refractivity (Wildman–Crippen MR) is 109 cm³/mol. The Kier molecular flexibility index (Phi) is 4.71. The number of aryl methyl sites for hydroxylation is 1. The molecule has 29 heavy (non-hydrogen) atoms. The minimum absolute atomic E-state index is 0.0102. The lowest BCUT2D eigenvalue weighted by molar-refractivity contribution is 0.229. The average molecular weight is 409 g/mol. The van der Waals surface area contributed by atoms with Crippen LogP contribution in [0.4, 0.5) is 16.3 Å². The molecule has 2 amide bonds. The minimum atomic E-state index is -4.05. The first-order valence-corrected chi connectivity index (χ1v) is 10.4. The Labute approximate surface area is 169 Å². The van der Waals surface area contributed by atoms with Crippen LogP contribution >= 0.6 is 0 Å². The largest absolute Gasteiger partial charge is 0.497 e. The summed E-state index contributed by atoms with van der Waals surface area (Å²) in [5, 5.41) is 0. The summed E-state index contributed by atoms with van der Waals surface area (Å²) >= 11 is 0. The second-order valence-corrected chi connectivity index (χ2v) is 8.41. The molecule has 0 spiro atoms. The van der Waals surface area contributed by atoms with Crippen LogP contribution in [0.2, 0.25) is 0 Å². The Morgan fingerprint density at radius 2 is 1.72 bits per heavy atom. The zero-order valence-electron chi connectivity index (χ0n) is 15.9. The topological polar surface area (TPSA) is 79.8 Å². The van der Waals surface area contributed by atoms with Gasteiger partial charge in [-0.3, -0.25) is 0 Å². The van der Waals surface area contributed by atoms with E-state index in [4.69, 9.17) is 4.74 Å². The smallest absolute Gasteiger partial charge is 0.344 e. The van der Waals surface area contributed by atoms with E-state index in [-0.39, 0.29) is 17.3 Å². The van der Waals surface area contributed by atoms with Crippen LogP contribution in [0.15, 0.2) is 71.8 Å². The number of aromatic nitrogens is 1. The highest BCUT2D eigenvalue weighted by Gasteiger charge is 2.43. The SMILES string of the molecule is COc1ccc(N2C(=O)N(Cc3ccccc3C)S(=O)(=O)c3cccnc32)cc1. The van der Waals surface area contributed by atoms with Crippen molar-refractivity contribution >= 4 is 27.6 Å². The van der Waals surface area contributed by atoms with E-state index in [1.807, 2.05) is 31.2 Å². The highest BCUT2D eigenvalue weighted by atomic mass is 32.2. The number of benzene rings is 2. The van der Waals surface area contributed by atoms with E-state index in [0.717, 1.165) is 15.4 Å². The third-order valence-electron chi connectivity index (χ3n) is 4.84. The third kappa shape index (κ3) is 3.21. The van der Waals surface area contributed by atoms with E-state index in [1.165, 1.54) is 17.2 Å². The van der Waals surface area contributed by atoms with Gasteiger partial charge in [-0.2, -0.15) is 0 Å². The van der Waals surface area contributed by atoms with Gasteiger partial charge in [-0.1, -0.05) is 24.3 Å². The van der Waals surface area contributed by atoms with Crippen LogP contribution in [0.25, 0.3) is 0 Å². The first kappa shape index (κ1) is 18.9. The van der Waals surface area contributed by atoms with Crippen molar-refractivity contribution in [3.63, 3.8) is 0 Å². The van der Waals surface area contributed by atoms with Gasteiger partial charge in [0, 0.05) is 6.20 Å². The van der Waals surface area contributed by atoms with Crippen molar-refractivity contribution in [1.29, 1.82) is 0 Å². The second-order valence-electron chi connectivity index (χ2n) is 6.58. The zero-order chi connectivity index (χ0) is 20.6. The Bertz CT molecular complexity index is 1180. The molecule has 0 atom stereocenters. The number of urea groups is 1. The van der Waals surface area contributed by atoms with Gasteiger partial charge in [0.1, 0.15) is 10.6 Å². The number of carbonyl (C=O) groups is 1. The quantitative estimate of drug-likeness (QED) is 0.654. The molecule has 0 fully saturated rings. The van der Waals surface area contributed by atoms with Gasteiger partial charge in [-0.15, -0.1) is 0 Å². The maximum absolute atomic E-state index is 13.4. The number of fused-ring (bicyclic) bond motifs is 1. The molecule has 0 aliphatic carbocycles. The number of methoxy groups -OCH3 is 1. The van der Waals surface area contributed by atoms with Crippen molar-refractivity contribution < 1.29 is 17.9 Å². The molecule has 0 bridgehead atoms. The van der Waals surface area contributed by atoms with E-state index in [2.05, 4.69) is 4.98 Å². The normalized spacial score (nSPS) is 15.2. The van der Waals surface area contributed by atoms with Crippen LogP contribution in [-0.2, 0) is 16.6 Å². The summed E-state index contributed by atoms with van der Waals surface area (Å²) < 4.78 is 32.5. The lowest BCUT2D eigenvalue weighted by Gasteiger charge is -2.35. The summed E-state index contributed by atoms with van der Waals surface area (Å²) in [4.78, 5) is 18.9. The highest BCUT2D eigenvalue weighted by Crippen LogP contribution is 2.38. The van der Waals surface area contributed by atoms with Crippen LogP contribution < -0.4 is 9.64 Å². The van der Waals surface area contributed by atoms with Crippen molar-refractivity contribution in [3.8, 4) is 5.75 Å². The van der Waals surface area contributed by atoms with E-state index >= 15 is 0 Å². The van der Waals surface area contributed by atoms with Crippen molar-refractivity contribution in [2.24, 2.45) is 0 Å². The van der Waals surface area contributed by atoms with Gasteiger partial charge in [0.15, 0.2) is 5.82 Å². The number of carbonyl (C=O) groups excluding carboxylic acids is 1. The number of pyridine rings is 1. The van der Waals surface area contributed by atoms with Crippen molar-refractivity contribution in [1.82, 2.24) is 9.29 Å². The fraction of sp³-hybridized carbons (Fsp3) is 0.143. The Morgan fingerprint density at radius 3 is 2.41 bits per heavy atom. The Balaban J connectivity index is 1.85. The van der Waals surface area contributed by atoms with Crippen LogP contribution in [0.3, 0.4) is 0 Å². The molecule has 0 saturated carbocycles. The Morgan fingerprint density at radius 1 is 1.00 bits per heavy atom. The first-order chi connectivity index (χ1) is 13.9. The van der Waals surface area contributed by atoms with E-state index in [1.54, 1.807) is 37.4 Å². The lowest BCUT2D eigenvalue weighted by atomic mass is 10.1. The number of ether oxygens (including phenoxy) is 1. The van der Waals surface area contributed by atoms with Crippen LogP contribution in [0.1, 0.15) is 11.1 Å². The zero-order valence-corrected chi connectivity index (χ0v) is 16.8. The molecule has 1 aromatic heterocycles. The molecule has 3 aromatic rings. The van der Waals surface area contributed by atoms with Crippen molar-refractivity contribution in [2.45, 2.75) is 18.4 Å². The summed E-state index contributed by atoms with van der Waals surface area (Å²) in [6.07, 6.45) is 1.47. The van der Waals surface area contributed by atoms with Crippen LogP contribution in [0, 0.1) is 6.92 Å². The van der Waals surface area contributed by atoms with Gasteiger partial charge in [-0.25, -0.2) is 27.4 Å². The molecule has 0 radical (unpaired) electrons. The number of hydrogen-bond acceptors (Lipinski definition) is 5. The number of anilines is 2. The molecule has 2 aromatic carbocycles. The molecule has 0 N–H and O–H groups in total. The number of sulfonamides is 1. The monoisotopic (exact) mass is 409 g/mol.